The molecule has 0 spiro atoms. The SMILES string of the molecule is CCOC(CCC(C#N)(CC)C1Oc2ccccc2O1)OCC. The van der Waals surface area contributed by atoms with Gasteiger partial charge in [-0.1, -0.05) is 19.1 Å². The zero-order valence-corrected chi connectivity index (χ0v) is 14.1. The predicted octanol–water partition coefficient (Wildman–Crippen LogP) is 3.88. The molecule has 0 aromatic heterocycles. The molecule has 0 radical (unpaired) electrons. The molecule has 0 saturated carbocycles. The third kappa shape index (κ3) is 3.95. The fourth-order valence-electron chi connectivity index (χ4n) is 2.74. The Morgan fingerprint density at radius 3 is 2.13 bits per heavy atom. The summed E-state index contributed by atoms with van der Waals surface area (Å²) in [4.78, 5) is 0. The summed E-state index contributed by atoms with van der Waals surface area (Å²) in [7, 11) is 0. The third-order valence-corrected chi connectivity index (χ3v) is 4.15. The Balaban J connectivity index is 2.07. The van der Waals surface area contributed by atoms with Crippen LogP contribution in [0.25, 0.3) is 0 Å². The molecular weight excluding hydrogens is 294 g/mol. The lowest BCUT2D eigenvalue weighted by Gasteiger charge is -2.31. The van der Waals surface area contributed by atoms with Crippen molar-refractivity contribution in [3.8, 4) is 17.6 Å². The van der Waals surface area contributed by atoms with E-state index < -0.39 is 11.7 Å². The molecule has 0 saturated heterocycles. The first-order valence-corrected chi connectivity index (χ1v) is 8.25. The van der Waals surface area contributed by atoms with Crippen LogP contribution in [0.1, 0.15) is 40.0 Å². The van der Waals surface area contributed by atoms with Gasteiger partial charge in [-0.15, -0.1) is 0 Å². The molecule has 1 aromatic carbocycles. The molecule has 0 amide bonds. The molecule has 1 aliphatic heterocycles. The van der Waals surface area contributed by atoms with E-state index in [1.54, 1.807) is 0 Å². The minimum atomic E-state index is -0.731. The van der Waals surface area contributed by atoms with Crippen molar-refractivity contribution in [3.63, 3.8) is 0 Å². The number of hydrogen-bond acceptors (Lipinski definition) is 5. The number of nitriles is 1. The largest absolute Gasteiger partial charge is 0.449 e. The fraction of sp³-hybridized carbons (Fsp3) is 0.611. The van der Waals surface area contributed by atoms with Gasteiger partial charge in [0, 0.05) is 19.6 Å². The van der Waals surface area contributed by atoms with Gasteiger partial charge in [-0.2, -0.15) is 5.26 Å². The average molecular weight is 319 g/mol. The normalized spacial score (nSPS) is 16.3. The van der Waals surface area contributed by atoms with Crippen molar-refractivity contribution in [2.75, 3.05) is 13.2 Å². The van der Waals surface area contributed by atoms with Crippen LogP contribution in [0.4, 0.5) is 0 Å². The summed E-state index contributed by atoms with van der Waals surface area (Å²) >= 11 is 0. The van der Waals surface area contributed by atoms with Gasteiger partial charge in [-0.05, 0) is 38.8 Å². The molecule has 0 bridgehead atoms. The molecule has 0 aliphatic carbocycles. The van der Waals surface area contributed by atoms with Crippen molar-refractivity contribution >= 4 is 0 Å². The number of rotatable bonds is 9. The van der Waals surface area contributed by atoms with E-state index in [2.05, 4.69) is 6.07 Å². The standard InChI is InChI=1S/C18H25NO4/c1-4-18(13-19,12-11-16(20-5-2)21-6-3)17-22-14-9-7-8-10-15(14)23-17/h7-10,16-17H,4-6,11-12H2,1-3H3. The summed E-state index contributed by atoms with van der Waals surface area (Å²) in [6.45, 7) is 7.01. The van der Waals surface area contributed by atoms with E-state index >= 15 is 0 Å². The summed E-state index contributed by atoms with van der Waals surface area (Å²) < 4.78 is 22.9. The Morgan fingerprint density at radius 2 is 1.70 bits per heavy atom. The van der Waals surface area contributed by atoms with Crippen LogP contribution in [-0.4, -0.2) is 25.8 Å². The first-order valence-electron chi connectivity index (χ1n) is 8.25. The van der Waals surface area contributed by atoms with Crippen LogP contribution in [0.5, 0.6) is 11.5 Å². The Hall–Kier alpha value is -1.77. The summed E-state index contributed by atoms with van der Waals surface area (Å²) in [5, 5.41) is 9.80. The van der Waals surface area contributed by atoms with Gasteiger partial charge in [0.1, 0.15) is 5.41 Å². The second kappa shape index (κ2) is 8.19. The van der Waals surface area contributed by atoms with Crippen molar-refractivity contribution in [2.24, 2.45) is 5.41 Å². The molecule has 1 unspecified atom stereocenters. The van der Waals surface area contributed by atoms with Crippen molar-refractivity contribution in [1.29, 1.82) is 5.26 Å². The van der Waals surface area contributed by atoms with Crippen LogP contribution in [0, 0.1) is 16.7 Å². The van der Waals surface area contributed by atoms with Crippen molar-refractivity contribution in [1.82, 2.24) is 0 Å². The van der Waals surface area contributed by atoms with E-state index in [9.17, 15) is 5.26 Å². The van der Waals surface area contributed by atoms with Gasteiger partial charge in [0.2, 0.25) is 0 Å². The maximum absolute atomic E-state index is 9.80. The van der Waals surface area contributed by atoms with Gasteiger partial charge >= 0.3 is 0 Å². The highest BCUT2D eigenvalue weighted by Gasteiger charge is 2.45. The molecule has 23 heavy (non-hydrogen) atoms. The minimum Gasteiger partial charge on any atom is -0.449 e. The van der Waals surface area contributed by atoms with Gasteiger partial charge in [0.15, 0.2) is 17.8 Å². The lowest BCUT2D eigenvalue weighted by atomic mass is 9.81. The summed E-state index contributed by atoms with van der Waals surface area (Å²) in [5.74, 6) is 1.38. The second-order valence-electron chi connectivity index (χ2n) is 5.51. The average Bonchev–Trinajstić information content (AvgIpc) is 3.01. The highest BCUT2D eigenvalue weighted by Crippen LogP contribution is 2.43. The number of para-hydroxylation sites is 2. The highest BCUT2D eigenvalue weighted by molar-refractivity contribution is 5.42. The van der Waals surface area contributed by atoms with Gasteiger partial charge in [0.25, 0.3) is 6.29 Å². The third-order valence-electron chi connectivity index (χ3n) is 4.15. The summed E-state index contributed by atoms with van der Waals surface area (Å²) in [6, 6.07) is 9.92. The maximum Gasteiger partial charge on any atom is 0.259 e. The molecule has 5 heteroatoms. The molecule has 0 fully saturated rings. The number of ether oxygens (including phenoxy) is 4. The minimum absolute atomic E-state index is 0.298. The molecule has 1 aliphatic rings. The number of benzene rings is 1. The lowest BCUT2D eigenvalue weighted by Crippen LogP contribution is -2.40. The van der Waals surface area contributed by atoms with Crippen LogP contribution >= 0.6 is 0 Å². The van der Waals surface area contributed by atoms with Crippen LogP contribution < -0.4 is 9.47 Å². The maximum atomic E-state index is 9.80. The zero-order valence-electron chi connectivity index (χ0n) is 14.1. The second-order valence-corrected chi connectivity index (χ2v) is 5.51. The molecule has 1 aromatic rings. The van der Waals surface area contributed by atoms with Crippen LogP contribution in [0.2, 0.25) is 0 Å². The fourth-order valence-corrected chi connectivity index (χ4v) is 2.74. The predicted molar refractivity (Wildman–Crippen MR) is 86.1 cm³/mol. The number of fused-ring (bicyclic) bond motifs is 1. The van der Waals surface area contributed by atoms with E-state index in [0.29, 0.717) is 44.0 Å². The Kier molecular flexibility index (Phi) is 6.26. The topological polar surface area (TPSA) is 60.7 Å². The van der Waals surface area contributed by atoms with Gasteiger partial charge < -0.3 is 18.9 Å². The van der Waals surface area contributed by atoms with Gasteiger partial charge in [-0.3, -0.25) is 0 Å². The van der Waals surface area contributed by atoms with Crippen LogP contribution in [-0.2, 0) is 9.47 Å². The van der Waals surface area contributed by atoms with Crippen molar-refractivity contribution in [3.05, 3.63) is 24.3 Å². The van der Waals surface area contributed by atoms with Crippen molar-refractivity contribution < 1.29 is 18.9 Å². The van der Waals surface area contributed by atoms with E-state index in [1.807, 2.05) is 45.0 Å². The molecular formula is C18H25NO4. The molecule has 126 valence electrons. The number of nitrogens with zero attached hydrogens (tertiary/aromatic N) is 1. The van der Waals surface area contributed by atoms with Crippen LogP contribution in [0.3, 0.4) is 0 Å². The van der Waals surface area contributed by atoms with E-state index in [0.717, 1.165) is 0 Å². The van der Waals surface area contributed by atoms with Crippen molar-refractivity contribution in [2.45, 2.75) is 52.6 Å². The lowest BCUT2D eigenvalue weighted by molar-refractivity contribution is -0.148. The summed E-state index contributed by atoms with van der Waals surface area (Å²) in [5.41, 5.74) is -0.731. The van der Waals surface area contributed by atoms with Crippen LogP contribution in [0.15, 0.2) is 24.3 Å². The van der Waals surface area contributed by atoms with E-state index in [1.165, 1.54) is 0 Å². The first kappa shape index (κ1) is 17.6. The summed E-state index contributed by atoms with van der Waals surface area (Å²) in [6.07, 6.45) is 0.950. The monoisotopic (exact) mass is 319 g/mol. The number of hydrogen-bond donors (Lipinski definition) is 0. The van der Waals surface area contributed by atoms with Gasteiger partial charge in [-0.25, -0.2) is 0 Å². The molecule has 0 N–H and O–H groups in total. The highest BCUT2D eigenvalue weighted by atomic mass is 16.7. The molecule has 1 atom stereocenters. The molecule has 5 nitrogen and oxygen atoms in total. The quantitative estimate of drug-likeness (QED) is 0.646. The molecule has 1 heterocycles. The Labute approximate surface area is 138 Å². The zero-order chi connectivity index (χ0) is 16.7. The van der Waals surface area contributed by atoms with E-state index in [4.69, 9.17) is 18.9 Å². The van der Waals surface area contributed by atoms with Gasteiger partial charge in [0.05, 0.1) is 6.07 Å². The Bertz CT molecular complexity index is 511. The smallest absolute Gasteiger partial charge is 0.259 e. The first-order chi connectivity index (χ1) is 11.2. The molecule has 2 rings (SSSR count). The Morgan fingerprint density at radius 1 is 1.13 bits per heavy atom. The van der Waals surface area contributed by atoms with E-state index in [-0.39, 0.29) is 6.29 Å².